The summed E-state index contributed by atoms with van der Waals surface area (Å²) >= 11 is 1.39. The lowest BCUT2D eigenvalue weighted by atomic mass is 9.96. The molecule has 1 heterocycles. The Balaban J connectivity index is 1.77. The normalized spacial score (nSPS) is 13.6. The fourth-order valence-corrected chi connectivity index (χ4v) is 4.66. The van der Waals surface area contributed by atoms with Gasteiger partial charge in [-0.15, -0.1) is 11.3 Å². The summed E-state index contributed by atoms with van der Waals surface area (Å²) in [6.07, 6.45) is 5.94. The number of nitro benzene ring substituents is 1. The lowest BCUT2D eigenvalue weighted by molar-refractivity contribution is -0.385. The van der Waals surface area contributed by atoms with Crippen LogP contribution in [0.1, 0.15) is 46.5 Å². The van der Waals surface area contributed by atoms with E-state index in [1.54, 1.807) is 6.07 Å². The fraction of sp³-hybridized carbons (Fsp3) is 0.400. The van der Waals surface area contributed by atoms with E-state index in [1.807, 2.05) is 0 Å². The summed E-state index contributed by atoms with van der Waals surface area (Å²) in [6.45, 7) is -0.409. The molecule has 0 saturated heterocycles. The average molecular weight is 418 g/mol. The molecule has 0 bridgehead atoms. The molecule has 1 aromatic heterocycles. The van der Waals surface area contributed by atoms with Gasteiger partial charge in [-0.2, -0.15) is 0 Å². The largest absolute Gasteiger partial charge is 0.477 e. The standard InChI is InChI=1S/C20H22N2O6S/c1-27-20(24)18-13-8-4-2-3-5-11-16(13)29-19(18)21-17(23)12-28-15-10-7-6-9-14(15)22(25)26/h6-7,9-10H,2-5,8,11-12H2,1H3,(H,21,23). The molecule has 3 rings (SSSR count). The molecule has 0 aliphatic heterocycles. The minimum Gasteiger partial charge on any atom is -0.477 e. The van der Waals surface area contributed by atoms with Crippen LogP contribution in [0.15, 0.2) is 24.3 Å². The zero-order valence-corrected chi connectivity index (χ0v) is 16.9. The Bertz CT molecular complexity index is 924. The van der Waals surface area contributed by atoms with Crippen molar-refractivity contribution in [1.29, 1.82) is 0 Å². The Labute approximate surface area is 172 Å². The SMILES string of the molecule is COC(=O)c1c(NC(=O)COc2ccccc2[N+](=O)[O-])sc2c1CCCCCC2. The Kier molecular flexibility index (Phi) is 6.82. The highest BCUT2D eigenvalue weighted by Gasteiger charge is 2.26. The van der Waals surface area contributed by atoms with E-state index in [0.29, 0.717) is 10.6 Å². The van der Waals surface area contributed by atoms with Crippen molar-refractivity contribution in [2.75, 3.05) is 19.0 Å². The van der Waals surface area contributed by atoms with Gasteiger partial charge in [-0.25, -0.2) is 4.79 Å². The van der Waals surface area contributed by atoms with Gasteiger partial charge < -0.3 is 14.8 Å². The number of carbonyl (C=O) groups is 2. The number of fused-ring (bicyclic) bond motifs is 1. The minimum atomic E-state index is -0.568. The first kappa shape index (κ1) is 20.8. The van der Waals surface area contributed by atoms with Crippen molar-refractivity contribution in [1.82, 2.24) is 0 Å². The lowest BCUT2D eigenvalue weighted by Gasteiger charge is -2.11. The molecule has 0 atom stereocenters. The third kappa shape index (κ3) is 4.92. The van der Waals surface area contributed by atoms with E-state index >= 15 is 0 Å². The number of nitrogens with zero attached hydrogens (tertiary/aromatic N) is 1. The molecule has 1 amide bonds. The molecule has 9 heteroatoms. The van der Waals surface area contributed by atoms with Gasteiger partial charge in [0.25, 0.3) is 5.91 Å². The summed E-state index contributed by atoms with van der Waals surface area (Å²) in [6, 6.07) is 5.86. The molecule has 0 unspecified atom stereocenters. The van der Waals surface area contributed by atoms with Gasteiger partial charge >= 0.3 is 11.7 Å². The number of ether oxygens (including phenoxy) is 2. The van der Waals surface area contributed by atoms with Crippen molar-refractivity contribution in [2.45, 2.75) is 38.5 Å². The number of esters is 1. The van der Waals surface area contributed by atoms with Crippen molar-refractivity contribution in [2.24, 2.45) is 0 Å². The number of rotatable bonds is 6. The predicted molar refractivity (Wildman–Crippen MR) is 109 cm³/mol. The van der Waals surface area contributed by atoms with Crippen LogP contribution in [0.25, 0.3) is 0 Å². The van der Waals surface area contributed by atoms with Gasteiger partial charge in [0, 0.05) is 10.9 Å². The third-order valence-electron chi connectivity index (χ3n) is 4.73. The highest BCUT2D eigenvalue weighted by Crippen LogP contribution is 2.37. The minimum absolute atomic E-state index is 0.0132. The smallest absolute Gasteiger partial charge is 0.341 e. The second-order valence-corrected chi connectivity index (χ2v) is 7.78. The van der Waals surface area contributed by atoms with Crippen LogP contribution in [0.5, 0.6) is 5.75 Å². The quantitative estimate of drug-likeness (QED) is 0.429. The average Bonchev–Trinajstić information content (AvgIpc) is 3.01. The Morgan fingerprint density at radius 3 is 2.62 bits per heavy atom. The number of para-hydroxylation sites is 2. The number of nitro groups is 1. The van der Waals surface area contributed by atoms with Crippen LogP contribution in [0, 0.1) is 10.1 Å². The number of benzene rings is 1. The molecule has 1 aromatic carbocycles. The molecular formula is C20H22N2O6S. The molecule has 0 saturated carbocycles. The molecule has 29 heavy (non-hydrogen) atoms. The number of nitrogens with one attached hydrogen (secondary N) is 1. The van der Waals surface area contributed by atoms with Crippen LogP contribution in [0.3, 0.4) is 0 Å². The first-order chi connectivity index (χ1) is 14.0. The first-order valence-corrected chi connectivity index (χ1v) is 10.2. The molecule has 1 aliphatic rings. The van der Waals surface area contributed by atoms with Crippen LogP contribution >= 0.6 is 11.3 Å². The monoisotopic (exact) mass is 418 g/mol. The van der Waals surface area contributed by atoms with E-state index in [9.17, 15) is 19.7 Å². The number of carbonyl (C=O) groups excluding carboxylic acids is 2. The molecule has 1 N–H and O–H groups in total. The fourth-order valence-electron chi connectivity index (χ4n) is 3.36. The highest BCUT2D eigenvalue weighted by molar-refractivity contribution is 7.17. The molecule has 154 valence electrons. The second kappa shape index (κ2) is 9.51. The number of thiophene rings is 1. The second-order valence-electron chi connectivity index (χ2n) is 6.68. The van der Waals surface area contributed by atoms with Crippen LogP contribution in [0.2, 0.25) is 0 Å². The first-order valence-electron chi connectivity index (χ1n) is 9.40. The highest BCUT2D eigenvalue weighted by atomic mass is 32.1. The van der Waals surface area contributed by atoms with Crippen LogP contribution in [0.4, 0.5) is 10.7 Å². The summed E-state index contributed by atoms with van der Waals surface area (Å²) in [4.78, 5) is 36.4. The van der Waals surface area contributed by atoms with Gasteiger partial charge in [-0.1, -0.05) is 25.0 Å². The predicted octanol–water partition coefficient (Wildman–Crippen LogP) is 4.12. The zero-order valence-electron chi connectivity index (χ0n) is 16.1. The summed E-state index contributed by atoms with van der Waals surface area (Å²) in [5, 5.41) is 14.2. The summed E-state index contributed by atoms with van der Waals surface area (Å²) < 4.78 is 10.3. The van der Waals surface area contributed by atoms with E-state index in [2.05, 4.69) is 5.32 Å². The topological polar surface area (TPSA) is 108 Å². The number of hydrogen-bond acceptors (Lipinski definition) is 7. The Morgan fingerprint density at radius 1 is 1.17 bits per heavy atom. The van der Waals surface area contributed by atoms with E-state index in [-0.39, 0.29) is 11.4 Å². The van der Waals surface area contributed by atoms with Gasteiger partial charge in [-0.3, -0.25) is 14.9 Å². The van der Waals surface area contributed by atoms with Gasteiger partial charge in [0.15, 0.2) is 12.4 Å². The maximum absolute atomic E-state index is 12.4. The Morgan fingerprint density at radius 2 is 1.90 bits per heavy atom. The number of anilines is 1. The van der Waals surface area contributed by atoms with Crippen molar-refractivity contribution in [3.8, 4) is 5.75 Å². The van der Waals surface area contributed by atoms with Crippen LogP contribution < -0.4 is 10.1 Å². The maximum atomic E-state index is 12.4. The van der Waals surface area contributed by atoms with Gasteiger partial charge in [0.1, 0.15) is 5.00 Å². The van der Waals surface area contributed by atoms with E-state index in [1.165, 1.54) is 36.6 Å². The Hall–Kier alpha value is -2.94. The lowest BCUT2D eigenvalue weighted by Crippen LogP contribution is -2.21. The van der Waals surface area contributed by atoms with Crippen molar-refractivity contribution >= 4 is 33.9 Å². The number of hydrogen-bond donors (Lipinski definition) is 1. The maximum Gasteiger partial charge on any atom is 0.341 e. The van der Waals surface area contributed by atoms with Gasteiger partial charge in [0.05, 0.1) is 17.6 Å². The molecule has 1 aliphatic carbocycles. The zero-order chi connectivity index (χ0) is 20.8. The molecule has 0 fully saturated rings. The summed E-state index contributed by atoms with van der Waals surface area (Å²) in [5.41, 5.74) is 1.15. The number of aryl methyl sites for hydroxylation is 1. The van der Waals surface area contributed by atoms with E-state index in [0.717, 1.165) is 49.0 Å². The summed E-state index contributed by atoms with van der Waals surface area (Å²) in [7, 11) is 1.32. The van der Waals surface area contributed by atoms with E-state index < -0.39 is 23.4 Å². The van der Waals surface area contributed by atoms with Crippen LogP contribution in [-0.2, 0) is 22.4 Å². The molecule has 8 nitrogen and oxygen atoms in total. The number of methoxy groups -OCH3 is 1. The van der Waals surface area contributed by atoms with Crippen molar-refractivity contribution in [3.05, 3.63) is 50.4 Å². The van der Waals surface area contributed by atoms with Crippen molar-refractivity contribution < 1.29 is 24.0 Å². The van der Waals surface area contributed by atoms with Gasteiger partial charge in [-0.05, 0) is 37.3 Å². The van der Waals surface area contributed by atoms with Crippen molar-refractivity contribution in [3.63, 3.8) is 0 Å². The number of amides is 1. The molecule has 0 radical (unpaired) electrons. The van der Waals surface area contributed by atoms with Crippen LogP contribution in [-0.4, -0.2) is 30.5 Å². The third-order valence-corrected chi connectivity index (χ3v) is 5.94. The summed E-state index contributed by atoms with van der Waals surface area (Å²) in [5.74, 6) is -0.959. The molecular weight excluding hydrogens is 396 g/mol. The molecule has 2 aromatic rings. The van der Waals surface area contributed by atoms with E-state index in [4.69, 9.17) is 9.47 Å². The van der Waals surface area contributed by atoms with Gasteiger partial charge in [0.2, 0.25) is 0 Å². The molecule has 0 spiro atoms.